The van der Waals surface area contributed by atoms with E-state index in [4.69, 9.17) is 0 Å². The lowest BCUT2D eigenvalue weighted by Gasteiger charge is -2.54. The van der Waals surface area contributed by atoms with Gasteiger partial charge in [0.15, 0.2) is 0 Å². The molecule has 2 N–H and O–H groups in total. The van der Waals surface area contributed by atoms with Gasteiger partial charge in [0.05, 0.1) is 5.54 Å². The zero-order valence-corrected chi connectivity index (χ0v) is 23.7. The number of amides is 1. The van der Waals surface area contributed by atoms with Crippen molar-refractivity contribution in [3.8, 4) is 11.1 Å². The first kappa shape index (κ1) is 28.5. The standard InChI is InChI=1S/C29H35FN4O4S/c1-20-14-25(32-39(37,38)26-15-23(16-31-17-26)21-6-9-24(30)10-7-21)11-8-22(20)18-33-12-13-34(27(35)36)29(5,19-33)28(2,3)4/h6-11,14-17,32H,12-13,18-19H2,1-5H3,(H,35,36)/t29-/m1/s1. The van der Waals surface area contributed by atoms with E-state index in [1.165, 1.54) is 30.6 Å². The van der Waals surface area contributed by atoms with Crippen molar-refractivity contribution >= 4 is 21.8 Å². The second-order valence-corrected chi connectivity index (χ2v) is 13.0. The molecule has 4 rings (SSSR count). The number of sulfonamides is 1. The molecule has 208 valence electrons. The number of carboxylic acid groups (broad SMARTS) is 1. The van der Waals surface area contributed by atoms with Gasteiger partial charge in [-0.05, 0) is 66.3 Å². The van der Waals surface area contributed by atoms with Crippen molar-refractivity contribution in [3.05, 3.63) is 77.9 Å². The Morgan fingerprint density at radius 1 is 1.08 bits per heavy atom. The smallest absolute Gasteiger partial charge is 0.407 e. The molecule has 0 unspecified atom stereocenters. The van der Waals surface area contributed by atoms with Crippen LogP contribution in [0.5, 0.6) is 0 Å². The minimum Gasteiger partial charge on any atom is -0.465 e. The first-order valence-corrected chi connectivity index (χ1v) is 14.2. The van der Waals surface area contributed by atoms with Gasteiger partial charge in [0.25, 0.3) is 10.0 Å². The molecule has 2 aromatic carbocycles. The van der Waals surface area contributed by atoms with Crippen molar-refractivity contribution in [2.45, 2.75) is 51.6 Å². The molecule has 8 nitrogen and oxygen atoms in total. The molecule has 10 heteroatoms. The topological polar surface area (TPSA) is 103 Å². The highest BCUT2D eigenvalue weighted by atomic mass is 32.2. The number of carbonyl (C=O) groups is 1. The summed E-state index contributed by atoms with van der Waals surface area (Å²) in [5.74, 6) is -0.373. The van der Waals surface area contributed by atoms with E-state index in [-0.39, 0.29) is 16.1 Å². The van der Waals surface area contributed by atoms with Crippen LogP contribution in [0, 0.1) is 18.2 Å². The molecule has 39 heavy (non-hydrogen) atoms. The predicted octanol–water partition coefficient (Wildman–Crippen LogP) is 5.60. The summed E-state index contributed by atoms with van der Waals surface area (Å²) >= 11 is 0. The molecule has 0 aliphatic carbocycles. The zero-order chi connectivity index (χ0) is 28.6. The van der Waals surface area contributed by atoms with Gasteiger partial charge in [-0.15, -0.1) is 0 Å². The molecule has 1 fully saturated rings. The van der Waals surface area contributed by atoms with Crippen LogP contribution in [0.3, 0.4) is 0 Å². The fourth-order valence-corrected chi connectivity index (χ4v) is 5.97. The molecule has 0 saturated carbocycles. The minimum atomic E-state index is -3.91. The maximum Gasteiger partial charge on any atom is 0.407 e. The van der Waals surface area contributed by atoms with E-state index in [0.29, 0.717) is 43.0 Å². The van der Waals surface area contributed by atoms with Gasteiger partial charge >= 0.3 is 6.09 Å². The average molecular weight is 555 g/mol. The number of rotatable bonds is 6. The molecule has 0 radical (unpaired) electrons. The van der Waals surface area contributed by atoms with Crippen LogP contribution >= 0.6 is 0 Å². The van der Waals surface area contributed by atoms with Crippen LogP contribution in [0.1, 0.15) is 38.8 Å². The Kier molecular flexibility index (Phi) is 7.73. The van der Waals surface area contributed by atoms with Gasteiger partial charge in [0.2, 0.25) is 0 Å². The highest BCUT2D eigenvalue weighted by Gasteiger charge is 2.48. The van der Waals surface area contributed by atoms with Crippen LogP contribution in [0.2, 0.25) is 0 Å². The van der Waals surface area contributed by atoms with Crippen molar-refractivity contribution in [1.82, 2.24) is 14.8 Å². The Labute approximate surface area is 229 Å². The molecule has 1 saturated heterocycles. The van der Waals surface area contributed by atoms with Crippen LogP contribution < -0.4 is 4.72 Å². The average Bonchev–Trinajstić information content (AvgIpc) is 2.85. The maximum absolute atomic E-state index is 13.3. The third-order valence-electron chi connectivity index (χ3n) is 7.80. The van der Waals surface area contributed by atoms with Gasteiger partial charge < -0.3 is 5.11 Å². The lowest BCUT2D eigenvalue weighted by atomic mass is 9.72. The van der Waals surface area contributed by atoms with Gasteiger partial charge in [0, 0.05) is 49.8 Å². The largest absolute Gasteiger partial charge is 0.465 e. The van der Waals surface area contributed by atoms with E-state index in [9.17, 15) is 22.7 Å². The van der Waals surface area contributed by atoms with Crippen LogP contribution in [0.4, 0.5) is 14.9 Å². The Balaban J connectivity index is 1.49. The molecular weight excluding hydrogens is 519 g/mol. The molecular formula is C29H35FN4O4S. The number of anilines is 1. The summed E-state index contributed by atoms with van der Waals surface area (Å²) in [4.78, 5) is 19.8. The summed E-state index contributed by atoms with van der Waals surface area (Å²) in [5, 5.41) is 9.78. The number of aryl methyl sites for hydroxylation is 1. The SMILES string of the molecule is Cc1cc(NS(=O)(=O)c2cncc(-c3ccc(F)cc3)c2)ccc1CN1CCN(C(=O)O)[C@@](C)(C(C)(C)C)C1. The molecule has 2 heterocycles. The number of aromatic nitrogens is 1. The number of hydrogen-bond donors (Lipinski definition) is 2. The van der Waals surface area contributed by atoms with Crippen LogP contribution in [-0.4, -0.2) is 59.6 Å². The molecule has 1 amide bonds. The Morgan fingerprint density at radius 2 is 1.77 bits per heavy atom. The summed E-state index contributed by atoms with van der Waals surface area (Å²) in [6.07, 6.45) is 1.91. The third-order valence-corrected chi connectivity index (χ3v) is 9.15. The summed E-state index contributed by atoms with van der Waals surface area (Å²) in [6.45, 7) is 12.4. The molecule has 1 aliphatic rings. The van der Waals surface area contributed by atoms with Crippen molar-refractivity contribution < 1.29 is 22.7 Å². The van der Waals surface area contributed by atoms with Crippen LogP contribution in [0.25, 0.3) is 11.1 Å². The van der Waals surface area contributed by atoms with E-state index >= 15 is 0 Å². The number of benzene rings is 2. The van der Waals surface area contributed by atoms with E-state index < -0.39 is 21.7 Å². The van der Waals surface area contributed by atoms with Gasteiger partial charge in [-0.2, -0.15) is 0 Å². The van der Waals surface area contributed by atoms with E-state index in [0.717, 1.165) is 11.1 Å². The Bertz CT molecular complexity index is 1470. The van der Waals surface area contributed by atoms with E-state index in [2.05, 4.69) is 35.4 Å². The quantitative estimate of drug-likeness (QED) is 0.411. The normalized spacial score (nSPS) is 18.7. The van der Waals surface area contributed by atoms with Crippen molar-refractivity contribution in [1.29, 1.82) is 0 Å². The lowest BCUT2D eigenvalue weighted by Crippen LogP contribution is -2.67. The van der Waals surface area contributed by atoms with Crippen LogP contribution in [0.15, 0.2) is 65.8 Å². The van der Waals surface area contributed by atoms with Gasteiger partial charge in [-0.1, -0.05) is 39.0 Å². The number of nitrogens with one attached hydrogen (secondary N) is 1. The number of pyridine rings is 1. The highest BCUT2D eigenvalue weighted by molar-refractivity contribution is 7.92. The zero-order valence-electron chi connectivity index (χ0n) is 22.9. The predicted molar refractivity (Wildman–Crippen MR) is 149 cm³/mol. The van der Waals surface area contributed by atoms with Gasteiger partial charge in [-0.25, -0.2) is 17.6 Å². The van der Waals surface area contributed by atoms with E-state index in [1.54, 1.807) is 29.2 Å². The van der Waals surface area contributed by atoms with Crippen LogP contribution in [-0.2, 0) is 16.6 Å². The fourth-order valence-electron chi connectivity index (χ4n) is 4.93. The number of hydrogen-bond acceptors (Lipinski definition) is 5. The minimum absolute atomic E-state index is 0.00354. The molecule has 0 bridgehead atoms. The van der Waals surface area contributed by atoms with E-state index in [1.807, 2.05) is 19.9 Å². The molecule has 0 spiro atoms. The number of halogens is 1. The van der Waals surface area contributed by atoms with Gasteiger partial charge in [0.1, 0.15) is 10.7 Å². The van der Waals surface area contributed by atoms with Crippen molar-refractivity contribution in [2.24, 2.45) is 5.41 Å². The van der Waals surface area contributed by atoms with Crippen molar-refractivity contribution in [3.63, 3.8) is 0 Å². The molecule has 3 aromatic rings. The summed E-state index contributed by atoms with van der Waals surface area (Å²) in [7, 11) is -3.91. The monoisotopic (exact) mass is 554 g/mol. The summed E-state index contributed by atoms with van der Waals surface area (Å²) in [6, 6.07) is 12.7. The lowest BCUT2D eigenvalue weighted by molar-refractivity contribution is -0.0462. The Morgan fingerprint density at radius 3 is 2.38 bits per heavy atom. The number of piperazine rings is 1. The van der Waals surface area contributed by atoms with Crippen molar-refractivity contribution in [2.75, 3.05) is 24.4 Å². The summed E-state index contributed by atoms with van der Waals surface area (Å²) < 4.78 is 42.2. The Hall–Kier alpha value is -3.50. The second kappa shape index (κ2) is 10.6. The molecule has 1 atom stereocenters. The first-order valence-electron chi connectivity index (χ1n) is 12.8. The third kappa shape index (κ3) is 6.07. The maximum atomic E-state index is 13.3. The fraction of sp³-hybridized carbons (Fsp3) is 0.379. The first-order chi connectivity index (χ1) is 18.2. The van der Waals surface area contributed by atoms with Gasteiger partial charge in [-0.3, -0.25) is 19.5 Å². The molecule has 1 aromatic heterocycles. The highest BCUT2D eigenvalue weighted by Crippen LogP contribution is 2.39. The number of nitrogens with zero attached hydrogens (tertiary/aromatic N) is 3. The molecule has 1 aliphatic heterocycles. The summed E-state index contributed by atoms with van der Waals surface area (Å²) in [5.41, 5.74) is 2.80. The second-order valence-electron chi connectivity index (χ2n) is 11.3.